The molecule has 0 amide bonds. The first-order valence-electron chi connectivity index (χ1n) is 6.98. The number of fused-ring (bicyclic) bond motifs is 1. The van der Waals surface area contributed by atoms with Crippen molar-refractivity contribution in [1.82, 2.24) is 9.38 Å². The molecular weight excluding hydrogens is 250 g/mol. The van der Waals surface area contributed by atoms with Crippen LogP contribution in [0, 0.1) is 12.8 Å². The maximum Gasteiger partial charge on any atom is 0.156 e. The van der Waals surface area contributed by atoms with E-state index in [0.717, 1.165) is 34.3 Å². The topological polar surface area (TPSA) is 56.5 Å². The Hall–Kier alpha value is -2.23. The third-order valence-corrected chi connectivity index (χ3v) is 4.22. The van der Waals surface area contributed by atoms with Crippen LogP contribution >= 0.6 is 0 Å². The van der Waals surface area contributed by atoms with Gasteiger partial charge in [-0.05, 0) is 43.0 Å². The van der Waals surface area contributed by atoms with Crippen LogP contribution in [0.2, 0.25) is 0 Å². The number of imidazole rings is 1. The summed E-state index contributed by atoms with van der Waals surface area (Å²) >= 11 is 0. The lowest BCUT2D eigenvalue weighted by Crippen LogP contribution is -1.94. The first-order valence-corrected chi connectivity index (χ1v) is 6.98. The van der Waals surface area contributed by atoms with Crippen molar-refractivity contribution in [2.45, 2.75) is 26.2 Å². The summed E-state index contributed by atoms with van der Waals surface area (Å²) in [6.45, 7) is 4.28. The first kappa shape index (κ1) is 11.6. The molecule has 3 heterocycles. The quantitative estimate of drug-likeness (QED) is 0.771. The zero-order valence-electron chi connectivity index (χ0n) is 11.6. The number of rotatable bonds is 2. The summed E-state index contributed by atoms with van der Waals surface area (Å²) in [4.78, 5) is 4.64. The fraction of sp³-hybridized carbons (Fsp3) is 0.312. The molecule has 102 valence electrons. The van der Waals surface area contributed by atoms with Crippen molar-refractivity contribution in [1.29, 1.82) is 0 Å². The molecule has 0 saturated heterocycles. The molecule has 1 aliphatic rings. The van der Waals surface area contributed by atoms with Crippen molar-refractivity contribution >= 4 is 11.5 Å². The lowest BCUT2D eigenvalue weighted by Gasteiger charge is -1.97. The predicted octanol–water partition coefficient (Wildman–Crippen LogP) is 3.61. The van der Waals surface area contributed by atoms with E-state index in [9.17, 15) is 0 Å². The highest BCUT2D eigenvalue weighted by atomic mass is 16.3. The van der Waals surface area contributed by atoms with Gasteiger partial charge in [-0.1, -0.05) is 13.0 Å². The second-order valence-electron chi connectivity index (χ2n) is 5.75. The Kier molecular flexibility index (Phi) is 2.25. The van der Waals surface area contributed by atoms with Crippen LogP contribution < -0.4 is 5.73 Å². The van der Waals surface area contributed by atoms with Crippen LogP contribution in [0.1, 0.15) is 30.6 Å². The van der Waals surface area contributed by atoms with Crippen molar-refractivity contribution in [3.63, 3.8) is 0 Å². The number of hydrogen-bond donors (Lipinski definition) is 1. The third kappa shape index (κ3) is 1.57. The molecule has 1 aliphatic carbocycles. The normalized spacial score (nSPS) is 21.5. The van der Waals surface area contributed by atoms with Crippen LogP contribution in [0.4, 0.5) is 5.82 Å². The summed E-state index contributed by atoms with van der Waals surface area (Å²) in [6, 6.07) is 8.04. The number of aryl methyl sites for hydroxylation is 1. The molecule has 2 N–H and O–H groups in total. The number of furan rings is 1. The van der Waals surface area contributed by atoms with E-state index in [1.54, 1.807) is 0 Å². The molecule has 0 bridgehead atoms. The van der Waals surface area contributed by atoms with E-state index in [2.05, 4.69) is 18.0 Å². The van der Waals surface area contributed by atoms with E-state index < -0.39 is 0 Å². The van der Waals surface area contributed by atoms with Gasteiger partial charge in [0.15, 0.2) is 5.76 Å². The minimum atomic E-state index is 0.573. The minimum absolute atomic E-state index is 0.573. The fourth-order valence-corrected chi connectivity index (χ4v) is 2.80. The average molecular weight is 267 g/mol. The van der Waals surface area contributed by atoms with Gasteiger partial charge in [0.2, 0.25) is 0 Å². The van der Waals surface area contributed by atoms with Gasteiger partial charge in [0.1, 0.15) is 22.9 Å². The van der Waals surface area contributed by atoms with Crippen LogP contribution in [-0.4, -0.2) is 9.38 Å². The Bertz CT molecular complexity index is 799. The molecule has 4 heteroatoms. The third-order valence-electron chi connectivity index (χ3n) is 4.22. The average Bonchev–Trinajstić information content (AvgIpc) is 2.87. The number of nitrogen functional groups attached to an aromatic ring is 1. The summed E-state index contributed by atoms with van der Waals surface area (Å²) < 4.78 is 7.87. The van der Waals surface area contributed by atoms with Crippen LogP contribution in [0.3, 0.4) is 0 Å². The van der Waals surface area contributed by atoms with Gasteiger partial charge in [0.05, 0.1) is 0 Å². The second kappa shape index (κ2) is 3.88. The summed E-state index contributed by atoms with van der Waals surface area (Å²) in [5, 5.41) is 0. The molecule has 0 radical (unpaired) electrons. The molecule has 20 heavy (non-hydrogen) atoms. The van der Waals surface area contributed by atoms with Gasteiger partial charge < -0.3 is 10.2 Å². The fourth-order valence-electron chi connectivity index (χ4n) is 2.80. The SMILES string of the molecule is Cc1cccn2c(N)c(-c3ccc(C4CC4C)o3)nc12. The Morgan fingerprint density at radius 1 is 1.35 bits per heavy atom. The van der Waals surface area contributed by atoms with Crippen molar-refractivity contribution < 1.29 is 4.42 Å². The molecular formula is C16H17N3O. The highest BCUT2D eigenvalue weighted by Gasteiger charge is 2.36. The number of nitrogens with zero attached hydrogens (tertiary/aromatic N) is 2. The summed E-state index contributed by atoms with van der Waals surface area (Å²) in [5.41, 5.74) is 8.94. The summed E-state index contributed by atoms with van der Waals surface area (Å²) in [6.07, 6.45) is 3.15. The van der Waals surface area contributed by atoms with Gasteiger partial charge in [0, 0.05) is 12.1 Å². The molecule has 0 aromatic carbocycles. The lowest BCUT2D eigenvalue weighted by atomic mass is 10.2. The Labute approximate surface area is 117 Å². The Morgan fingerprint density at radius 3 is 2.85 bits per heavy atom. The number of hydrogen-bond acceptors (Lipinski definition) is 3. The monoisotopic (exact) mass is 267 g/mol. The smallest absolute Gasteiger partial charge is 0.156 e. The van der Waals surface area contributed by atoms with Crippen molar-refractivity contribution in [3.8, 4) is 11.5 Å². The molecule has 0 spiro atoms. The van der Waals surface area contributed by atoms with Gasteiger partial charge in [-0.3, -0.25) is 4.40 Å². The Balaban J connectivity index is 1.83. The standard InChI is InChI=1S/C16H17N3O/c1-9-4-3-7-19-15(17)14(18-16(9)19)13-6-5-12(20-13)11-8-10(11)2/h3-7,10-11H,8,17H2,1-2H3. The zero-order chi connectivity index (χ0) is 13.9. The van der Waals surface area contributed by atoms with E-state index in [1.165, 1.54) is 6.42 Å². The number of anilines is 1. The molecule has 4 nitrogen and oxygen atoms in total. The number of aromatic nitrogens is 2. The maximum absolute atomic E-state index is 6.21. The molecule has 1 saturated carbocycles. The molecule has 0 aliphatic heterocycles. The number of pyridine rings is 1. The van der Waals surface area contributed by atoms with E-state index in [1.807, 2.05) is 35.7 Å². The van der Waals surface area contributed by atoms with Gasteiger partial charge in [-0.2, -0.15) is 0 Å². The number of nitrogens with two attached hydrogens (primary N) is 1. The van der Waals surface area contributed by atoms with Crippen molar-refractivity contribution in [2.24, 2.45) is 5.92 Å². The second-order valence-corrected chi connectivity index (χ2v) is 5.75. The van der Waals surface area contributed by atoms with Crippen LogP contribution in [0.25, 0.3) is 17.1 Å². The van der Waals surface area contributed by atoms with Gasteiger partial charge >= 0.3 is 0 Å². The zero-order valence-corrected chi connectivity index (χ0v) is 11.6. The van der Waals surface area contributed by atoms with Crippen molar-refractivity contribution in [2.75, 3.05) is 5.73 Å². The van der Waals surface area contributed by atoms with E-state index >= 15 is 0 Å². The lowest BCUT2D eigenvalue weighted by molar-refractivity contribution is 0.517. The van der Waals surface area contributed by atoms with E-state index in [-0.39, 0.29) is 0 Å². The molecule has 2 atom stereocenters. The van der Waals surface area contributed by atoms with Gasteiger partial charge in [-0.15, -0.1) is 0 Å². The highest BCUT2D eigenvalue weighted by molar-refractivity contribution is 5.73. The Morgan fingerprint density at radius 2 is 2.15 bits per heavy atom. The van der Waals surface area contributed by atoms with E-state index in [0.29, 0.717) is 11.7 Å². The van der Waals surface area contributed by atoms with Gasteiger partial charge in [-0.25, -0.2) is 4.98 Å². The molecule has 1 fully saturated rings. The predicted molar refractivity (Wildman–Crippen MR) is 78.6 cm³/mol. The largest absolute Gasteiger partial charge is 0.459 e. The molecule has 3 aromatic rings. The minimum Gasteiger partial charge on any atom is -0.459 e. The highest BCUT2D eigenvalue weighted by Crippen LogP contribution is 2.48. The van der Waals surface area contributed by atoms with Crippen LogP contribution in [0.15, 0.2) is 34.9 Å². The molecule has 2 unspecified atom stereocenters. The first-order chi connectivity index (χ1) is 9.65. The summed E-state index contributed by atoms with van der Waals surface area (Å²) in [5.74, 6) is 3.76. The van der Waals surface area contributed by atoms with Crippen molar-refractivity contribution in [3.05, 3.63) is 41.8 Å². The summed E-state index contributed by atoms with van der Waals surface area (Å²) in [7, 11) is 0. The van der Waals surface area contributed by atoms with Crippen LogP contribution in [-0.2, 0) is 0 Å². The molecule has 3 aromatic heterocycles. The van der Waals surface area contributed by atoms with E-state index in [4.69, 9.17) is 10.2 Å². The van der Waals surface area contributed by atoms with Crippen LogP contribution in [0.5, 0.6) is 0 Å². The van der Waals surface area contributed by atoms with Gasteiger partial charge in [0.25, 0.3) is 0 Å². The maximum atomic E-state index is 6.21. The molecule has 4 rings (SSSR count).